The fourth-order valence-corrected chi connectivity index (χ4v) is 2.68. The summed E-state index contributed by atoms with van der Waals surface area (Å²) in [5, 5.41) is 8.48. The van der Waals surface area contributed by atoms with Crippen LogP contribution in [-0.2, 0) is 14.8 Å². The molecular weight excluding hydrogens is 296 g/mol. The molecule has 1 aromatic rings. The minimum atomic E-state index is -3.88. The third-order valence-corrected chi connectivity index (χ3v) is 4.29. The molecule has 0 aliphatic carbocycles. The molecule has 1 aromatic carbocycles. The predicted molar refractivity (Wildman–Crippen MR) is 76.5 cm³/mol. The summed E-state index contributed by atoms with van der Waals surface area (Å²) in [6, 6.07) is 5.38. The van der Waals surface area contributed by atoms with Crippen LogP contribution in [0.5, 0.6) is 0 Å². The number of carbonyl (C=O) groups is 2. The second-order valence-electron chi connectivity index (χ2n) is 4.22. The van der Waals surface area contributed by atoms with E-state index in [1.165, 1.54) is 24.3 Å². The molecule has 0 spiro atoms. The van der Waals surface area contributed by atoms with E-state index in [-0.39, 0.29) is 10.8 Å². The molecule has 1 amide bonds. The van der Waals surface area contributed by atoms with Gasteiger partial charge in [0.05, 0.1) is 4.90 Å². The lowest BCUT2D eigenvalue weighted by Gasteiger charge is -2.18. The Morgan fingerprint density at radius 1 is 1.14 bits per heavy atom. The summed E-state index contributed by atoms with van der Waals surface area (Å²) < 4.78 is 25.5. The smallest absolute Gasteiger partial charge is 0.318 e. The Morgan fingerprint density at radius 2 is 1.67 bits per heavy atom. The van der Waals surface area contributed by atoms with Gasteiger partial charge in [0.1, 0.15) is 6.54 Å². The molecule has 0 fully saturated rings. The number of carbonyl (C=O) groups excluding carboxylic acids is 1. The summed E-state index contributed by atoms with van der Waals surface area (Å²) in [5.41, 5.74) is 0.385. The first kappa shape index (κ1) is 17.1. The molecule has 8 heteroatoms. The number of carboxylic acid groups (broad SMARTS) is 1. The summed E-state index contributed by atoms with van der Waals surface area (Å²) in [4.78, 5) is 24.0. The number of sulfonamides is 1. The molecule has 2 N–H and O–H groups in total. The minimum absolute atomic E-state index is 0.0835. The van der Waals surface area contributed by atoms with Gasteiger partial charge in [-0.2, -0.15) is 4.72 Å². The Bertz CT molecular complexity index is 606. The monoisotopic (exact) mass is 314 g/mol. The van der Waals surface area contributed by atoms with Crippen LogP contribution in [0.1, 0.15) is 24.2 Å². The van der Waals surface area contributed by atoms with E-state index in [1.807, 2.05) is 18.6 Å². The van der Waals surface area contributed by atoms with Gasteiger partial charge in [0.2, 0.25) is 10.0 Å². The number of aliphatic carboxylic acids is 1. The van der Waals surface area contributed by atoms with Crippen molar-refractivity contribution >= 4 is 21.9 Å². The number of carboxylic acids is 1. The zero-order chi connectivity index (χ0) is 16.0. The van der Waals surface area contributed by atoms with Crippen molar-refractivity contribution in [3.05, 3.63) is 29.8 Å². The maximum absolute atomic E-state index is 12.1. The van der Waals surface area contributed by atoms with Crippen LogP contribution in [0, 0.1) is 0 Å². The van der Waals surface area contributed by atoms with Crippen molar-refractivity contribution in [2.24, 2.45) is 0 Å². The number of amides is 1. The first-order chi connectivity index (χ1) is 9.81. The van der Waals surface area contributed by atoms with Gasteiger partial charge in [-0.15, -0.1) is 0 Å². The Kier molecular flexibility index (Phi) is 5.86. The van der Waals surface area contributed by atoms with Crippen molar-refractivity contribution in [1.82, 2.24) is 9.62 Å². The molecule has 21 heavy (non-hydrogen) atoms. The van der Waals surface area contributed by atoms with Crippen molar-refractivity contribution in [3.63, 3.8) is 0 Å². The van der Waals surface area contributed by atoms with Crippen molar-refractivity contribution in [3.8, 4) is 0 Å². The summed E-state index contributed by atoms with van der Waals surface area (Å²) >= 11 is 0. The Balaban J connectivity index is 2.92. The molecular formula is C13H18N2O5S. The van der Waals surface area contributed by atoms with Crippen LogP contribution in [-0.4, -0.2) is 49.9 Å². The molecule has 0 aromatic heterocycles. The van der Waals surface area contributed by atoms with Crippen LogP contribution in [0.4, 0.5) is 0 Å². The zero-order valence-corrected chi connectivity index (χ0v) is 12.7. The number of nitrogens with zero attached hydrogens (tertiary/aromatic N) is 1. The summed E-state index contributed by atoms with van der Waals surface area (Å²) in [6.45, 7) is 4.15. The molecule has 0 atom stereocenters. The van der Waals surface area contributed by atoms with E-state index in [4.69, 9.17) is 5.11 Å². The van der Waals surface area contributed by atoms with Gasteiger partial charge in [0.15, 0.2) is 0 Å². The van der Waals surface area contributed by atoms with Crippen molar-refractivity contribution in [1.29, 1.82) is 0 Å². The van der Waals surface area contributed by atoms with Crippen LogP contribution >= 0.6 is 0 Å². The maximum Gasteiger partial charge on any atom is 0.318 e. The lowest BCUT2D eigenvalue weighted by molar-refractivity contribution is -0.135. The first-order valence-corrected chi connectivity index (χ1v) is 7.91. The molecule has 0 saturated heterocycles. The van der Waals surface area contributed by atoms with Crippen molar-refractivity contribution < 1.29 is 23.1 Å². The highest BCUT2D eigenvalue weighted by Gasteiger charge is 2.17. The molecule has 0 aliphatic rings. The van der Waals surface area contributed by atoms with E-state index in [0.29, 0.717) is 18.7 Å². The number of rotatable bonds is 7. The van der Waals surface area contributed by atoms with Gasteiger partial charge < -0.3 is 10.0 Å². The van der Waals surface area contributed by atoms with Crippen molar-refractivity contribution in [2.45, 2.75) is 18.7 Å². The molecule has 0 unspecified atom stereocenters. The van der Waals surface area contributed by atoms with Gasteiger partial charge in [-0.3, -0.25) is 9.59 Å². The minimum Gasteiger partial charge on any atom is -0.480 e. The van der Waals surface area contributed by atoms with Crippen LogP contribution in [0.25, 0.3) is 0 Å². The van der Waals surface area contributed by atoms with E-state index in [9.17, 15) is 18.0 Å². The lowest BCUT2D eigenvalue weighted by atomic mass is 10.2. The van der Waals surface area contributed by atoms with E-state index in [1.54, 1.807) is 4.90 Å². The van der Waals surface area contributed by atoms with E-state index in [2.05, 4.69) is 0 Å². The standard InChI is InChI=1S/C13H18N2O5S/c1-3-15(4-2)13(18)10-5-7-11(8-6-10)21(19,20)14-9-12(16)17/h5-8,14H,3-4,9H2,1-2H3,(H,16,17). The molecule has 7 nitrogen and oxygen atoms in total. The molecule has 0 aliphatic heterocycles. The average Bonchev–Trinajstić information content (AvgIpc) is 2.46. The van der Waals surface area contributed by atoms with Crippen LogP contribution in [0.2, 0.25) is 0 Å². The highest BCUT2D eigenvalue weighted by atomic mass is 32.2. The van der Waals surface area contributed by atoms with Gasteiger partial charge >= 0.3 is 5.97 Å². The molecule has 1 rings (SSSR count). The van der Waals surface area contributed by atoms with Crippen molar-refractivity contribution in [2.75, 3.05) is 19.6 Å². The number of benzene rings is 1. The fourth-order valence-electron chi connectivity index (χ4n) is 1.71. The van der Waals surface area contributed by atoms with Crippen LogP contribution < -0.4 is 4.72 Å². The van der Waals surface area contributed by atoms with Gasteiger partial charge in [-0.1, -0.05) is 0 Å². The van der Waals surface area contributed by atoms with Crippen LogP contribution in [0.3, 0.4) is 0 Å². The van der Waals surface area contributed by atoms with Gasteiger partial charge in [0.25, 0.3) is 5.91 Å². The molecule has 0 heterocycles. The first-order valence-electron chi connectivity index (χ1n) is 6.42. The Labute approximate surface area is 123 Å². The van der Waals surface area contributed by atoms with E-state index < -0.39 is 22.5 Å². The highest BCUT2D eigenvalue weighted by Crippen LogP contribution is 2.12. The van der Waals surface area contributed by atoms with Crippen LogP contribution in [0.15, 0.2) is 29.2 Å². The summed E-state index contributed by atoms with van der Waals surface area (Å²) in [5.74, 6) is -1.45. The van der Waals surface area contributed by atoms with Gasteiger partial charge in [-0.05, 0) is 38.1 Å². The number of hydrogen-bond acceptors (Lipinski definition) is 4. The van der Waals surface area contributed by atoms with E-state index in [0.717, 1.165) is 0 Å². The zero-order valence-electron chi connectivity index (χ0n) is 11.9. The SMILES string of the molecule is CCN(CC)C(=O)c1ccc(S(=O)(=O)NCC(=O)O)cc1. The predicted octanol–water partition coefficient (Wildman–Crippen LogP) is 0.532. The molecule has 0 bridgehead atoms. The molecule has 0 radical (unpaired) electrons. The second-order valence-corrected chi connectivity index (χ2v) is 5.99. The number of nitrogens with one attached hydrogen (secondary N) is 1. The molecule has 116 valence electrons. The topological polar surface area (TPSA) is 104 Å². The lowest BCUT2D eigenvalue weighted by Crippen LogP contribution is -2.31. The Morgan fingerprint density at radius 3 is 2.10 bits per heavy atom. The highest BCUT2D eigenvalue weighted by molar-refractivity contribution is 7.89. The quantitative estimate of drug-likeness (QED) is 0.764. The maximum atomic E-state index is 12.1. The average molecular weight is 314 g/mol. The fraction of sp³-hybridized carbons (Fsp3) is 0.385. The third-order valence-electron chi connectivity index (χ3n) is 2.88. The normalized spacial score (nSPS) is 11.1. The largest absolute Gasteiger partial charge is 0.480 e. The Hall–Kier alpha value is -1.93. The van der Waals surface area contributed by atoms with Gasteiger partial charge in [-0.25, -0.2) is 8.42 Å². The summed E-state index contributed by atoms with van der Waals surface area (Å²) in [6.07, 6.45) is 0. The second kappa shape index (κ2) is 7.19. The van der Waals surface area contributed by atoms with E-state index >= 15 is 0 Å². The molecule has 0 saturated carbocycles. The number of hydrogen-bond donors (Lipinski definition) is 2. The third kappa shape index (κ3) is 4.54. The van der Waals surface area contributed by atoms with Gasteiger partial charge in [0, 0.05) is 18.7 Å². The summed E-state index contributed by atoms with van der Waals surface area (Å²) in [7, 11) is -3.88.